The number of ketones is 1. The maximum atomic E-state index is 12.8. The standard InChI is InChI=1S/C18H18ClN3O2/c1-13(23)14-4-2-3-5-15(14)18(24)22-10-8-21(9-11-22)17-6-7-20-12-16(17)19/h2-7,12H,8-11H2,1H3. The fraction of sp³-hybridized carbons (Fsp3) is 0.278. The first-order chi connectivity index (χ1) is 11.6. The summed E-state index contributed by atoms with van der Waals surface area (Å²) in [6.45, 7) is 4.04. The Morgan fingerprint density at radius 1 is 1.04 bits per heavy atom. The highest BCUT2D eigenvalue weighted by molar-refractivity contribution is 6.33. The van der Waals surface area contributed by atoms with Gasteiger partial charge in [-0.15, -0.1) is 0 Å². The summed E-state index contributed by atoms with van der Waals surface area (Å²) in [6.07, 6.45) is 3.33. The summed E-state index contributed by atoms with van der Waals surface area (Å²) in [6, 6.07) is 8.85. The van der Waals surface area contributed by atoms with Gasteiger partial charge in [-0.2, -0.15) is 0 Å². The molecule has 0 spiro atoms. The van der Waals surface area contributed by atoms with Crippen molar-refractivity contribution < 1.29 is 9.59 Å². The van der Waals surface area contributed by atoms with E-state index in [0.717, 1.165) is 5.69 Å². The van der Waals surface area contributed by atoms with Gasteiger partial charge < -0.3 is 9.80 Å². The molecule has 5 nitrogen and oxygen atoms in total. The number of pyridine rings is 1. The van der Waals surface area contributed by atoms with Crippen LogP contribution in [0.1, 0.15) is 27.6 Å². The average Bonchev–Trinajstić information content (AvgIpc) is 2.62. The maximum Gasteiger partial charge on any atom is 0.254 e. The minimum atomic E-state index is -0.0962. The van der Waals surface area contributed by atoms with Crippen LogP contribution in [-0.4, -0.2) is 47.8 Å². The fourth-order valence-electron chi connectivity index (χ4n) is 2.92. The first kappa shape index (κ1) is 16.5. The van der Waals surface area contributed by atoms with Crippen LogP contribution in [0.4, 0.5) is 5.69 Å². The van der Waals surface area contributed by atoms with Crippen molar-refractivity contribution in [2.24, 2.45) is 0 Å². The number of amides is 1. The molecule has 2 aromatic rings. The van der Waals surface area contributed by atoms with Crippen molar-refractivity contribution in [1.29, 1.82) is 0 Å². The second kappa shape index (κ2) is 7.01. The van der Waals surface area contributed by atoms with Crippen LogP contribution in [0, 0.1) is 0 Å². The van der Waals surface area contributed by atoms with Gasteiger partial charge in [-0.25, -0.2) is 0 Å². The highest BCUT2D eigenvalue weighted by Gasteiger charge is 2.25. The Morgan fingerprint density at radius 3 is 2.33 bits per heavy atom. The van der Waals surface area contributed by atoms with Crippen LogP contribution < -0.4 is 4.90 Å². The van der Waals surface area contributed by atoms with E-state index in [-0.39, 0.29) is 11.7 Å². The Balaban J connectivity index is 1.72. The number of hydrogen-bond acceptors (Lipinski definition) is 4. The summed E-state index contributed by atoms with van der Waals surface area (Å²) in [4.78, 5) is 32.4. The quantitative estimate of drug-likeness (QED) is 0.804. The number of carbonyl (C=O) groups excluding carboxylic acids is 2. The molecule has 1 saturated heterocycles. The molecule has 1 fully saturated rings. The van der Waals surface area contributed by atoms with Crippen molar-refractivity contribution in [3.05, 3.63) is 58.9 Å². The molecule has 0 saturated carbocycles. The van der Waals surface area contributed by atoms with Crippen molar-refractivity contribution in [3.8, 4) is 0 Å². The van der Waals surface area contributed by atoms with Gasteiger partial charge in [0.05, 0.1) is 16.3 Å². The molecule has 0 atom stereocenters. The van der Waals surface area contributed by atoms with Gasteiger partial charge in [0, 0.05) is 44.1 Å². The normalized spacial score (nSPS) is 14.6. The zero-order valence-electron chi connectivity index (χ0n) is 13.4. The maximum absolute atomic E-state index is 12.8. The van der Waals surface area contributed by atoms with E-state index in [2.05, 4.69) is 9.88 Å². The van der Waals surface area contributed by atoms with E-state index in [1.807, 2.05) is 6.07 Å². The lowest BCUT2D eigenvalue weighted by Gasteiger charge is -2.36. The summed E-state index contributed by atoms with van der Waals surface area (Å²) in [7, 11) is 0. The van der Waals surface area contributed by atoms with E-state index < -0.39 is 0 Å². The molecular weight excluding hydrogens is 326 g/mol. The molecule has 124 valence electrons. The van der Waals surface area contributed by atoms with Gasteiger partial charge in [0.1, 0.15) is 0 Å². The second-order valence-electron chi connectivity index (χ2n) is 5.71. The lowest BCUT2D eigenvalue weighted by Crippen LogP contribution is -2.49. The van der Waals surface area contributed by atoms with E-state index in [9.17, 15) is 9.59 Å². The first-order valence-electron chi connectivity index (χ1n) is 7.81. The van der Waals surface area contributed by atoms with E-state index >= 15 is 0 Å². The van der Waals surface area contributed by atoms with Crippen LogP contribution >= 0.6 is 11.6 Å². The minimum absolute atomic E-state index is 0.0960. The average molecular weight is 344 g/mol. The zero-order chi connectivity index (χ0) is 17.1. The van der Waals surface area contributed by atoms with Crippen LogP contribution in [-0.2, 0) is 0 Å². The Morgan fingerprint density at radius 2 is 1.71 bits per heavy atom. The van der Waals surface area contributed by atoms with Gasteiger partial charge in [-0.1, -0.05) is 29.8 Å². The Hall–Kier alpha value is -2.40. The summed E-state index contributed by atoms with van der Waals surface area (Å²) in [5, 5.41) is 0.610. The molecule has 1 aromatic heterocycles. The highest BCUT2D eigenvalue weighted by atomic mass is 35.5. The van der Waals surface area contributed by atoms with Gasteiger partial charge >= 0.3 is 0 Å². The third-order valence-corrected chi connectivity index (χ3v) is 4.49. The number of piperazine rings is 1. The zero-order valence-corrected chi connectivity index (χ0v) is 14.2. The number of nitrogens with zero attached hydrogens (tertiary/aromatic N) is 3. The van der Waals surface area contributed by atoms with Crippen LogP contribution in [0.2, 0.25) is 5.02 Å². The Labute approximate surface area is 145 Å². The highest BCUT2D eigenvalue weighted by Crippen LogP contribution is 2.25. The van der Waals surface area contributed by atoms with Crippen molar-refractivity contribution in [2.45, 2.75) is 6.92 Å². The largest absolute Gasteiger partial charge is 0.367 e. The topological polar surface area (TPSA) is 53.5 Å². The van der Waals surface area contributed by atoms with Crippen molar-refractivity contribution in [2.75, 3.05) is 31.1 Å². The lowest BCUT2D eigenvalue weighted by molar-refractivity contribution is 0.0742. The molecule has 6 heteroatoms. The smallest absolute Gasteiger partial charge is 0.254 e. The number of benzene rings is 1. The minimum Gasteiger partial charge on any atom is -0.367 e. The number of anilines is 1. The number of carbonyl (C=O) groups is 2. The van der Waals surface area contributed by atoms with E-state index in [4.69, 9.17) is 11.6 Å². The second-order valence-corrected chi connectivity index (χ2v) is 6.12. The molecule has 3 rings (SSSR count). The number of hydrogen-bond donors (Lipinski definition) is 0. The first-order valence-corrected chi connectivity index (χ1v) is 8.19. The van der Waals surface area contributed by atoms with E-state index in [1.165, 1.54) is 6.92 Å². The number of aromatic nitrogens is 1. The van der Waals surface area contributed by atoms with Gasteiger partial charge in [0.15, 0.2) is 5.78 Å². The summed E-state index contributed by atoms with van der Waals surface area (Å²) in [5.74, 6) is -0.192. The van der Waals surface area contributed by atoms with Crippen LogP contribution in [0.3, 0.4) is 0 Å². The Kier molecular flexibility index (Phi) is 4.81. The van der Waals surface area contributed by atoms with Crippen LogP contribution in [0.5, 0.6) is 0 Å². The van der Waals surface area contributed by atoms with Gasteiger partial charge in [0.25, 0.3) is 5.91 Å². The van der Waals surface area contributed by atoms with Crippen molar-refractivity contribution >= 4 is 29.0 Å². The van der Waals surface area contributed by atoms with Crippen molar-refractivity contribution in [1.82, 2.24) is 9.88 Å². The predicted molar refractivity (Wildman–Crippen MR) is 93.8 cm³/mol. The van der Waals surface area contributed by atoms with Gasteiger partial charge in [0.2, 0.25) is 0 Å². The third kappa shape index (κ3) is 3.26. The molecule has 1 amide bonds. The molecular formula is C18H18ClN3O2. The third-order valence-electron chi connectivity index (χ3n) is 4.20. The molecule has 0 radical (unpaired) electrons. The van der Waals surface area contributed by atoms with Crippen LogP contribution in [0.15, 0.2) is 42.7 Å². The Bertz CT molecular complexity index is 770. The summed E-state index contributed by atoms with van der Waals surface area (Å²) < 4.78 is 0. The summed E-state index contributed by atoms with van der Waals surface area (Å²) >= 11 is 6.19. The number of rotatable bonds is 3. The van der Waals surface area contributed by atoms with E-state index in [1.54, 1.807) is 41.6 Å². The lowest BCUT2D eigenvalue weighted by atomic mass is 10.0. The molecule has 1 aliphatic heterocycles. The van der Waals surface area contributed by atoms with Crippen LogP contribution in [0.25, 0.3) is 0 Å². The monoisotopic (exact) mass is 343 g/mol. The number of Topliss-reactive ketones (excluding diaryl/α,β-unsaturated/α-hetero) is 1. The molecule has 1 aliphatic rings. The fourth-order valence-corrected chi connectivity index (χ4v) is 3.16. The van der Waals surface area contributed by atoms with Gasteiger partial charge in [-0.05, 0) is 19.1 Å². The van der Waals surface area contributed by atoms with Crippen molar-refractivity contribution in [3.63, 3.8) is 0 Å². The summed E-state index contributed by atoms with van der Waals surface area (Å²) in [5.41, 5.74) is 1.88. The molecule has 0 aliphatic carbocycles. The van der Waals surface area contributed by atoms with E-state index in [0.29, 0.717) is 42.3 Å². The SMILES string of the molecule is CC(=O)c1ccccc1C(=O)N1CCN(c2ccncc2Cl)CC1. The predicted octanol–water partition coefficient (Wildman–Crippen LogP) is 2.90. The van der Waals surface area contributed by atoms with Gasteiger partial charge in [-0.3, -0.25) is 14.6 Å². The molecule has 0 unspecified atom stereocenters. The molecule has 1 aromatic carbocycles. The molecule has 0 N–H and O–H groups in total. The molecule has 2 heterocycles. The molecule has 24 heavy (non-hydrogen) atoms. The number of halogens is 1. The molecule has 0 bridgehead atoms.